The van der Waals surface area contributed by atoms with Crippen molar-refractivity contribution >= 4 is 17.7 Å². The van der Waals surface area contributed by atoms with E-state index in [1.807, 2.05) is 13.2 Å². The van der Waals surface area contributed by atoms with Crippen LogP contribution in [0.15, 0.2) is 11.2 Å². The second-order valence-electron chi connectivity index (χ2n) is 7.16. The highest BCUT2D eigenvalue weighted by Crippen LogP contribution is 2.32. The molecular formula is C18H28N4O2S. The number of aryl methyl sites for hydroxylation is 1. The van der Waals surface area contributed by atoms with Crippen molar-refractivity contribution in [2.24, 2.45) is 5.41 Å². The van der Waals surface area contributed by atoms with Gasteiger partial charge in [0.1, 0.15) is 5.69 Å². The molecule has 6 nitrogen and oxygen atoms in total. The molecule has 138 valence electrons. The molecular weight excluding hydrogens is 336 g/mol. The van der Waals surface area contributed by atoms with Crippen LogP contribution in [0, 0.1) is 12.3 Å². The molecule has 0 radical (unpaired) electrons. The summed E-state index contributed by atoms with van der Waals surface area (Å²) in [6.07, 6.45) is 6.50. The van der Waals surface area contributed by atoms with E-state index < -0.39 is 0 Å². The van der Waals surface area contributed by atoms with E-state index in [1.54, 1.807) is 6.07 Å². The van der Waals surface area contributed by atoms with Crippen LogP contribution in [-0.2, 0) is 4.74 Å². The largest absolute Gasteiger partial charge is 0.381 e. The Morgan fingerprint density at radius 1 is 1.32 bits per heavy atom. The summed E-state index contributed by atoms with van der Waals surface area (Å²) >= 11 is 1.46. The van der Waals surface area contributed by atoms with E-state index in [4.69, 9.17) is 4.74 Å². The first-order chi connectivity index (χ1) is 12.1. The van der Waals surface area contributed by atoms with Gasteiger partial charge in [0.2, 0.25) is 0 Å². The number of likely N-dealkylation sites (tertiary alicyclic amines) is 1. The van der Waals surface area contributed by atoms with Crippen LogP contribution >= 0.6 is 11.8 Å². The Morgan fingerprint density at radius 3 is 2.72 bits per heavy atom. The smallest absolute Gasteiger partial charge is 0.270 e. The molecule has 3 rings (SSSR count). The molecule has 3 heterocycles. The van der Waals surface area contributed by atoms with Crippen molar-refractivity contribution in [2.45, 2.75) is 37.8 Å². The molecule has 7 heteroatoms. The van der Waals surface area contributed by atoms with E-state index in [2.05, 4.69) is 20.2 Å². The average Bonchev–Trinajstić information content (AvgIpc) is 3.12. The molecule has 2 fully saturated rings. The number of ether oxygens (including phenoxy) is 1. The fourth-order valence-electron chi connectivity index (χ4n) is 3.72. The van der Waals surface area contributed by atoms with Crippen molar-refractivity contribution in [1.29, 1.82) is 0 Å². The number of rotatable bonds is 6. The monoisotopic (exact) mass is 364 g/mol. The van der Waals surface area contributed by atoms with Crippen molar-refractivity contribution in [1.82, 2.24) is 20.2 Å². The molecule has 0 aromatic carbocycles. The van der Waals surface area contributed by atoms with E-state index in [9.17, 15) is 4.79 Å². The Balaban J connectivity index is 1.65. The molecule has 2 aliphatic rings. The first kappa shape index (κ1) is 18.6. The SMILES string of the molecule is CSc1nc(C)cc(C(=O)NCC2(CN3CCCC3)CCOCC2)n1. The Bertz CT molecular complexity index is 599. The highest BCUT2D eigenvalue weighted by molar-refractivity contribution is 7.98. The zero-order valence-electron chi connectivity index (χ0n) is 15.2. The third-order valence-electron chi connectivity index (χ3n) is 5.18. The third kappa shape index (κ3) is 4.92. The molecule has 1 amide bonds. The maximum Gasteiger partial charge on any atom is 0.270 e. The van der Waals surface area contributed by atoms with Crippen LogP contribution in [0.4, 0.5) is 0 Å². The first-order valence-corrected chi connectivity index (χ1v) is 10.3. The number of carbonyl (C=O) groups excluding carboxylic acids is 1. The summed E-state index contributed by atoms with van der Waals surface area (Å²) < 4.78 is 5.57. The minimum atomic E-state index is -0.104. The lowest BCUT2D eigenvalue weighted by Gasteiger charge is -2.40. The van der Waals surface area contributed by atoms with Crippen LogP contribution in [0.2, 0.25) is 0 Å². The summed E-state index contributed by atoms with van der Waals surface area (Å²) in [6, 6.07) is 1.76. The lowest BCUT2D eigenvalue weighted by atomic mass is 9.79. The van der Waals surface area contributed by atoms with Crippen LogP contribution in [-0.4, -0.2) is 66.4 Å². The topological polar surface area (TPSA) is 67.4 Å². The molecule has 0 aliphatic carbocycles. The number of nitrogens with one attached hydrogen (secondary N) is 1. The van der Waals surface area contributed by atoms with Gasteiger partial charge in [-0.25, -0.2) is 9.97 Å². The van der Waals surface area contributed by atoms with E-state index >= 15 is 0 Å². The third-order valence-corrected chi connectivity index (χ3v) is 5.73. The van der Waals surface area contributed by atoms with E-state index in [0.717, 1.165) is 38.3 Å². The van der Waals surface area contributed by atoms with Crippen molar-refractivity contribution in [3.8, 4) is 0 Å². The van der Waals surface area contributed by atoms with Crippen molar-refractivity contribution in [3.63, 3.8) is 0 Å². The van der Waals surface area contributed by atoms with E-state index in [1.165, 1.54) is 37.7 Å². The highest BCUT2D eigenvalue weighted by Gasteiger charge is 2.35. The molecule has 0 saturated carbocycles. The molecule has 1 aromatic rings. The minimum Gasteiger partial charge on any atom is -0.381 e. The Kier molecular flexibility index (Phi) is 6.30. The zero-order chi connectivity index (χ0) is 17.7. The lowest BCUT2D eigenvalue weighted by molar-refractivity contribution is -0.000657. The van der Waals surface area contributed by atoms with Gasteiger partial charge in [-0.15, -0.1) is 0 Å². The molecule has 0 atom stereocenters. The van der Waals surface area contributed by atoms with Gasteiger partial charge in [0, 0.05) is 37.4 Å². The van der Waals surface area contributed by atoms with Crippen LogP contribution in [0.25, 0.3) is 0 Å². The number of nitrogens with zero attached hydrogens (tertiary/aromatic N) is 3. The van der Waals surface area contributed by atoms with Gasteiger partial charge in [-0.1, -0.05) is 11.8 Å². The first-order valence-electron chi connectivity index (χ1n) is 9.08. The van der Waals surface area contributed by atoms with Crippen LogP contribution < -0.4 is 5.32 Å². The molecule has 0 spiro atoms. The maximum absolute atomic E-state index is 12.6. The number of thioether (sulfide) groups is 1. The van der Waals surface area contributed by atoms with Gasteiger partial charge in [0.05, 0.1) is 0 Å². The quantitative estimate of drug-likeness (QED) is 0.616. The Morgan fingerprint density at radius 2 is 2.04 bits per heavy atom. The van der Waals surface area contributed by atoms with Crippen molar-refractivity contribution in [3.05, 3.63) is 17.5 Å². The maximum atomic E-state index is 12.6. The summed E-state index contributed by atoms with van der Waals surface area (Å²) in [5.74, 6) is -0.104. The van der Waals surface area contributed by atoms with Gasteiger partial charge in [0.15, 0.2) is 5.16 Å². The number of hydrogen-bond donors (Lipinski definition) is 1. The predicted octanol–water partition coefficient (Wildman–Crippen LogP) is 2.13. The van der Waals surface area contributed by atoms with Gasteiger partial charge >= 0.3 is 0 Å². The Labute approximate surface area is 154 Å². The summed E-state index contributed by atoms with van der Waals surface area (Å²) in [5, 5.41) is 3.78. The molecule has 2 aliphatic heterocycles. The predicted molar refractivity (Wildman–Crippen MR) is 99.0 cm³/mol. The fraction of sp³-hybridized carbons (Fsp3) is 0.722. The minimum absolute atomic E-state index is 0.104. The molecule has 25 heavy (non-hydrogen) atoms. The van der Waals surface area contributed by atoms with Gasteiger partial charge in [0.25, 0.3) is 5.91 Å². The molecule has 1 N–H and O–H groups in total. The molecule has 0 bridgehead atoms. The Hall–Kier alpha value is -1.18. The number of hydrogen-bond acceptors (Lipinski definition) is 6. The van der Waals surface area contributed by atoms with Crippen LogP contribution in [0.1, 0.15) is 41.9 Å². The summed E-state index contributed by atoms with van der Waals surface area (Å²) in [5.41, 5.74) is 1.39. The highest BCUT2D eigenvalue weighted by atomic mass is 32.2. The van der Waals surface area contributed by atoms with E-state index in [-0.39, 0.29) is 11.3 Å². The van der Waals surface area contributed by atoms with Crippen molar-refractivity contribution < 1.29 is 9.53 Å². The van der Waals surface area contributed by atoms with Crippen molar-refractivity contribution in [2.75, 3.05) is 45.6 Å². The second kappa shape index (κ2) is 8.47. The second-order valence-corrected chi connectivity index (χ2v) is 7.93. The summed E-state index contributed by atoms with van der Waals surface area (Å²) in [6.45, 7) is 7.56. The molecule has 2 saturated heterocycles. The summed E-state index contributed by atoms with van der Waals surface area (Å²) in [7, 11) is 0. The lowest BCUT2D eigenvalue weighted by Crippen LogP contribution is -2.48. The zero-order valence-corrected chi connectivity index (χ0v) is 16.0. The van der Waals surface area contributed by atoms with Gasteiger partial charge < -0.3 is 15.0 Å². The summed E-state index contributed by atoms with van der Waals surface area (Å²) in [4.78, 5) is 23.8. The van der Waals surface area contributed by atoms with Gasteiger partial charge in [-0.3, -0.25) is 4.79 Å². The number of aromatic nitrogens is 2. The number of amides is 1. The fourth-order valence-corrected chi connectivity index (χ4v) is 4.14. The van der Waals surface area contributed by atoms with Crippen LogP contribution in [0.3, 0.4) is 0 Å². The standard InChI is InChI=1S/C18H28N4O2S/c1-14-11-15(21-17(20-14)25-2)16(23)19-12-18(5-9-24-10-6-18)13-22-7-3-4-8-22/h11H,3-10,12-13H2,1-2H3,(H,19,23). The van der Waals surface area contributed by atoms with Gasteiger partial charge in [-0.05, 0) is 58.0 Å². The van der Waals surface area contributed by atoms with Gasteiger partial charge in [-0.2, -0.15) is 0 Å². The van der Waals surface area contributed by atoms with E-state index in [0.29, 0.717) is 17.4 Å². The van der Waals surface area contributed by atoms with Crippen LogP contribution in [0.5, 0.6) is 0 Å². The molecule has 1 aromatic heterocycles. The average molecular weight is 365 g/mol. The number of carbonyl (C=O) groups is 1. The normalized spacial score (nSPS) is 20.6. The molecule has 0 unspecified atom stereocenters.